The van der Waals surface area contributed by atoms with Gasteiger partial charge in [0.05, 0.1) is 24.1 Å². The molecule has 2 aromatic heterocycles. The van der Waals surface area contributed by atoms with E-state index in [4.69, 9.17) is 15.2 Å². The van der Waals surface area contributed by atoms with Gasteiger partial charge < -0.3 is 15.2 Å². The molecule has 2 aromatic rings. The maximum atomic E-state index is 12.0. The SMILES string of the molecule is CCOC(=O)c1sc(N)c(C#N)c1COC(=O)c1cnc(C)cn1. The van der Waals surface area contributed by atoms with Crippen LogP contribution in [0.25, 0.3) is 0 Å². The van der Waals surface area contributed by atoms with Crippen LogP contribution >= 0.6 is 11.3 Å². The summed E-state index contributed by atoms with van der Waals surface area (Å²) in [6, 6.07) is 1.91. The minimum atomic E-state index is -0.717. The predicted octanol–water partition coefficient (Wildman–Crippen LogP) is 1.83. The van der Waals surface area contributed by atoms with Crippen molar-refractivity contribution in [3.05, 3.63) is 39.8 Å². The number of hydrogen-bond acceptors (Lipinski definition) is 9. The van der Waals surface area contributed by atoms with E-state index in [1.54, 1.807) is 13.8 Å². The first-order chi connectivity index (χ1) is 11.5. The fourth-order valence-corrected chi connectivity index (χ4v) is 2.73. The Labute approximate surface area is 141 Å². The smallest absolute Gasteiger partial charge is 0.358 e. The molecular formula is C15H14N4O4S. The third-order valence-electron chi connectivity index (χ3n) is 2.94. The van der Waals surface area contributed by atoms with Crippen molar-refractivity contribution in [2.45, 2.75) is 20.5 Å². The molecule has 24 heavy (non-hydrogen) atoms. The Kier molecular flexibility index (Phi) is 5.44. The lowest BCUT2D eigenvalue weighted by molar-refractivity contribution is 0.0446. The van der Waals surface area contributed by atoms with Crippen LogP contribution in [0.5, 0.6) is 0 Å². The summed E-state index contributed by atoms with van der Waals surface area (Å²) in [5, 5.41) is 9.37. The van der Waals surface area contributed by atoms with Gasteiger partial charge in [-0.1, -0.05) is 0 Å². The zero-order chi connectivity index (χ0) is 17.7. The number of esters is 2. The van der Waals surface area contributed by atoms with Crippen molar-refractivity contribution in [3.63, 3.8) is 0 Å². The highest BCUT2D eigenvalue weighted by molar-refractivity contribution is 7.18. The topological polar surface area (TPSA) is 128 Å². The standard InChI is InChI=1S/C15H14N4O4S/c1-3-22-15(21)12-10(9(4-16)13(17)24-12)7-23-14(20)11-6-18-8(2)5-19-11/h5-6H,3,7,17H2,1-2H3. The van der Waals surface area contributed by atoms with Crippen molar-refractivity contribution in [2.24, 2.45) is 0 Å². The monoisotopic (exact) mass is 346 g/mol. The van der Waals surface area contributed by atoms with Crippen LogP contribution in [0.15, 0.2) is 12.4 Å². The number of hydrogen-bond donors (Lipinski definition) is 1. The molecule has 2 heterocycles. The molecule has 0 aliphatic rings. The van der Waals surface area contributed by atoms with E-state index in [1.807, 2.05) is 6.07 Å². The van der Waals surface area contributed by atoms with Gasteiger partial charge in [0.15, 0.2) is 5.69 Å². The number of nitrogens with two attached hydrogens (primary N) is 1. The molecule has 0 saturated carbocycles. The first-order valence-corrected chi connectivity index (χ1v) is 7.73. The predicted molar refractivity (Wildman–Crippen MR) is 85.3 cm³/mol. The summed E-state index contributed by atoms with van der Waals surface area (Å²) < 4.78 is 10.1. The van der Waals surface area contributed by atoms with Gasteiger partial charge in [-0.15, -0.1) is 11.3 Å². The molecular weight excluding hydrogens is 332 g/mol. The minimum absolute atomic E-state index is 0.0278. The molecule has 0 atom stereocenters. The van der Waals surface area contributed by atoms with E-state index in [0.717, 1.165) is 11.3 Å². The quantitative estimate of drug-likeness (QED) is 0.812. The van der Waals surface area contributed by atoms with Crippen molar-refractivity contribution in [1.29, 1.82) is 5.26 Å². The Balaban J connectivity index is 2.22. The molecule has 0 radical (unpaired) electrons. The van der Waals surface area contributed by atoms with Gasteiger partial charge in [0.2, 0.25) is 0 Å². The summed E-state index contributed by atoms with van der Waals surface area (Å²) in [6.07, 6.45) is 2.72. The lowest BCUT2D eigenvalue weighted by Gasteiger charge is -2.06. The molecule has 2 N–H and O–H groups in total. The average molecular weight is 346 g/mol. The van der Waals surface area contributed by atoms with Gasteiger partial charge in [-0.25, -0.2) is 14.6 Å². The van der Waals surface area contributed by atoms with Crippen LogP contribution in [0.1, 0.15) is 43.9 Å². The minimum Gasteiger partial charge on any atom is -0.462 e. The highest BCUT2D eigenvalue weighted by atomic mass is 32.1. The van der Waals surface area contributed by atoms with E-state index in [-0.39, 0.29) is 39.9 Å². The summed E-state index contributed by atoms with van der Waals surface area (Å²) in [4.78, 5) is 32.0. The second kappa shape index (κ2) is 7.52. The fourth-order valence-electron chi connectivity index (χ4n) is 1.82. The van der Waals surface area contributed by atoms with E-state index in [0.29, 0.717) is 5.69 Å². The molecule has 0 fully saturated rings. The molecule has 2 rings (SSSR count). The lowest BCUT2D eigenvalue weighted by atomic mass is 10.1. The number of nitrogens with zero attached hydrogens (tertiary/aromatic N) is 3. The van der Waals surface area contributed by atoms with Gasteiger partial charge in [0, 0.05) is 11.8 Å². The van der Waals surface area contributed by atoms with Crippen molar-refractivity contribution in [3.8, 4) is 6.07 Å². The van der Waals surface area contributed by atoms with Crippen LogP contribution in [-0.2, 0) is 16.1 Å². The summed E-state index contributed by atoms with van der Waals surface area (Å²) in [5.74, 6) is -1.33. The summed E-state index contributed by atoms with van der Waals surface area (Å²) in [7, 11) is 0. The van der Waals surface area contributed by atoms with Crippen LogP contribution in [0.2, 0.25) is 0 Å². The van der Waals surface area contributed by atoms with Crippen molar-refractivity contribution in [2.75, 3.05) is 12.3 Å². The van der Waals surface area contributed by atoms with Gasteiger partial charge in [0.25, 0.3) is 0 Å². The first-order valence-electron chi connectivity index (χ1n) is 6.92. The van der Waals surface area contributed by atoms with E-state index in [9.17, 15) is 14.9 Å². The molecule has 0 unspecified atom stereocenters. The number of aryl methyl sites for hydroxylation is 1. The number of carbonyl (C=O) groups is 2. The van der Waals surface area contributed by atoms with Gasteiger partial charge >= 0.3 is 11.9 Å². The third-order valence-corrected chi connectivity index (χ3v) is 3.99. The average Bonchev–Trinajstić information content (AvgIpc) is 2.89. The summed E-state index contributed by atoms with van der Waals surface area (Å²) >= 11 is 0.925. The molecule has 0 spiro atoms. The van der Waals surface area contributed by atoms with Crippen LogP contribution < -0.4 is 5.73 Å². The molecule has 124 valence electrons. The number of rotatable bonds is 5. The summed E-state index contributed by atoms with van der Waals surface area (Å²) in [6.45, 7) is 3.28. The number of aromatic nitrogens is 2. The van der Waals surface area contributed by atoms with Crippen LogP contribution in [0.3, 0.4) is 0 Å². The van der Waals surface area contributed by atoms with Gasteiger partial charge in [-0.3, -0.25) is 4.98 Å². The Morgan fingerprint density at radius 3 is 2.62 bits per heavy atom. The lowest BCUT2D eigenvalue weighted by Crippen LogP contribution is -2.11. The van der Waals surface area contributed by atoms with E-state index < -0.39 is 11.9 Å². The van der Waals surface area contributed by atoms with E-state index in [2.05, 4.69) is 9.97 Å². The normalized spacial score (nSPS) is 10.0. The van der Waals surface area contributed by atoms with Crippen LogP contribution in [-0.4, -0.2) is 28.5 Å². The zero-order valence-corrected chi connectivity index (χ0v) is 13.8. The molecule has 0 bridgehead atoms. The number of carbonyl (C=O) groups excluding carboxylic acids is 2. The molecule has 9 heteroatoms. The molecule has 0 aliphatic heterocycles. The van der Waals surface area contributed by atoms with E-state index in [1.165, 1.54) is 12.4 Å². The maximum Gasteiger partial charge on any atom is 0.358 e. The highest BCUT2D eigenvalue weighted by Gasteiger charge is 2.24. The first kappa shape index (κ1) is 17.4. The second-order valence-electron chi connectivity index (χ2n) is 4.60. The van der Waals surface area contributed by atoms with Crippen LogP contribution in [0, 0.1) is 18.3 Å². The number of thiophene rings is 1. The van der Waals surface area contributed by atoms with Gasteiger partial charge in [-0.05, 0) is 13.8 Å². The molecule has 0 saturated heterocycles. The van der Waals surface area contributed by atoms with Crippen molar-refractivity contribution < 1.29 is 19.1 Å². The number of ether oxygens (including phenoxy) is 2. The summed E-state index contributed by atoms with van der Waals surface area (Å²) in [5.41, 5.74) is 6.77. The van der Waals surface area contributed by atoms with Crippen LogP contribution in [0.4, 0.5) is 5.00 Å². The molecule has 0 aromatic carbocycles. The van der Waals surface area contributed by atoms with Gasteiger partial charge in [-0.2, -0.15) is 5.26 Å². The molecule has 8 nitrogen and oxygen atoms in total. The molecule has 0 amide bonds. The number of nitrogen functional groups attached to an aromatic ring is 1. The van der Waals surface area contributed by atoms with Gasteiger partial charge in [0.1, 0.15) is 22.6 Å². The van der Waals surface area contributed by atoms with Crippen molar-refractivity contribution in [1.82, 2.24) is 9.97 Å². The molecule has 0 aliphatic carbocycles. The largest absolute Gasteiger partial charge is 0.462 e. The Morgan fingerprint density at radius 2 is 2.04 bits per heavy atom. The highest BCUT2D eigenvalue weighted by Crippen LogP contribution is 2.31. The fraction of sp³-hybridized carbons (Fsp3) is 0.267. The van der Waals surface area contributed by atoms with E-state index >= 15 is 0 Å². The Morgan fingerprint density at radius 1 is 1.29 bits per heavy atom. The maximum absolute atomic E-state index is 12.0. The number of anilines is 1. The Bertz CT molecular complexity index is 808. The third kappa shape index (κ3) is 3.67. The number of nitriles is 1. The van der Waals surface area contributed by atoms with Crippen molar-refractivity contribution >= 4 is 28.3 Å². The second-order valence-corrected chi connectivity index (χ2v) is 5.65. The zero-order valence-electron chi connectivity index (χ0n) is 13.0. The Hall–Kier alpha value is -2.99.